The van der Waals surface area contributed by atoms with E-state index in [1.807, 2.05) is 0 Å². The van der Waals surface area contributed by atoms with Crippen molar-refractivity contribution in [3.8, 4) is 0 Å². The van der Waals surface area contributed by atoms with Crippen LogP contribution in [0.4, 0.5) is 0 Å². The number of aliphatic hydroxyl groups excluding tert-OH is 2. The van der Waals surface area contributed by atoms with E-state index in [9.17, 15) is 15.0 Å². The van der Waals surface area contributed by atoms with E-state index in [0.717, 1.165) is 25.7 Å². The van der Waals surface area contributed by atoms with E-state index in [2.05, 4.69) is 31.3 Å². The van der Waals surface area contributed by atoms with Crippen molar-refractivity contribution >= 4 is 5.91 Å². The molecule has 0 rings (SSSR count). The van der Waals surface area contributed by atoms with Gasteiger partial charge in [-0.3, -0.25) is 4.79 Å². The van der Waals surface area contributed by atoms with E-state index < -0.39 is 12.1 Å². The monoisotopic (exact) mass is 790 g/mol. The Morgan fingerprint density at radius 2 is 0.679 bits per heavy atom. The molecule has 0 aliphatic rings. The summed E-state index contributed by atoms with van der Waals surface area (Å²) in [4.78, 5) is 12.4. The smallest absolute Gasteiger partial charge is 0.220 e. The molecule has 2 atom stereocenters. The standard InChI is InChI=1S/C52H103NO3/c1-3-5-7-9-11-13-15-17-18-19-20-21-22-23-24-25-26-27-28-29-30-31-32-33-34-35-36-38-40-42-44-46-48-52(56)53-50(49-54)51(55)47-45-43-41-39-37-16-14-12-10-8-6-4-2/h23-24,50-51,54-55H,3-22,25-49H2,1-2H3,(H,53,56)/b24-23-. The van der Waals surface area contributed by atoms with Gasteiger partial charge in [-0.05, 0) is 38.5 Å². The zero-order valence-corrected chi connectivity index (χ0v) is 38.4. The molecule has 334 valence electrons. The Morgan fingerprint density at radius 3 is 0.982 bits per heavy atom. The lowest BCUT2D eigenvalue weighted by molar-refractivity contribution is -0.123. The second-order valence-electron chi connectivity index (χ2n) is 17.9. The Balaban J connectivity index is 3.38. The van der Waals surface area contributed by atoms with Gasteiger partial charge >= 0.3 is 0 Å². The summed E-state index contributed by atoms with van der Waals surface area (Å²) in [5, 5.41) is 23.2. The number of carbonyl (C=O) groups is 1. The van der Waals surface area contributed by atoms with Crippen LogP contribution in [0.25, 0.3) is 0 Å². The van der Waals surface area contributed by atoms with Gasteiger partial charge in [-0.1, -0.05) is 264 Å². The van der Waals surface area contributed by atoms with Crippen LogP contribution in [0.5, 0.6) is 0 Å². The number of nitrogens with one attached hydrogen (secondary N) is 1. The van der Waals surface area contributed by atoms with Gasteiger partial charge in [0.2, 0.25) is 5.91 Å². The minimum Gasteiger partial charge on any atom is -0.394 e. The molecule has 0 saturated carbocycles. The molecule has 56 heavy (non-hydrogen) atoms. The summed E-state index contributed by atoms with van der Waals surface area (Å²) in [5.41, 5.74) is 0. The molecule has 0 fully saturated rings. The highest BCUT2D eigenvalue weighted by molar-refractivity contribution is 5.76. The van der Waals surface area contributed by atoms with Crippen molar-refractivity contribution in [3.63, 3.8) is 0 Å². The van der Waals surface area contributed by atoms with Crippen molar-refractivity contribution in [2.75, 3.05) is 6.61 Å². The fourth-order valence-corrected chi connectivity index (χ4v) is 8.30. The minimum atomic E-state index is -0.654. The molecule has 1 amide bonds. The van der Waals surface area contributed by atoms with Gasteiger partial charge in [-0.15, -0.1) is 0 Å². The van der Waals surface area contributed by atoms with Crippen molar-refractivity contribution in [2.45, 2.75) is 309 Å². The molecule has 2 unspecified atom stereocenters. The number of hydrogen-bond donors (Lipinski definition) is 3. The van der Waals surface area contributed by atoms with Crippen LogP contribution >= 0.6 is 0 Å². The van der Waals surface area contributed by atoms with E-state index in [4.69, 9.17) is 0 Å². The number of unbranched alkanes of at least 4 members (excludes halogenated alkanes) is 39. The number of hydrogen-bond acceptors (Lipinski definition) is 3. The Kier molecular flexibility index (Phi) is 47.7. The number of amides is 1. The normalized spacial score (nSPS) is 12.9. The summed E-state index contributed by atoms with van der Waals surface area (Å²) in [5.74, 6) is -0.0270. The predicted molar refractivity (Wildman–Crippen MR) is 249 cm³/mol. The lowest BCUT2D eigenvalue weighted by Crippen LogP contribution is -2.45. The van der Waals surface area contributed by atoms with Crippen molar-refractivity contribution in [1.82, 2.24) is 5.32 Å². The van der Waals surface area contributed by atoms with Crippen LogP contribution in [0.2, 0.25) is 0 Å². The van der Waals surface area contributed by atoms with Crippen molar-refractivity contribution < 1.29 is 15.0 Å². The van der Waals surface area contributed by atoms with Crippen LogP contribution in [0.15, 0.2) is 12.2 Å². The molecule has 0 radical (unpaired) electrons. The molecule has 4 nitrogen and oxygen atoms in total. The van der Waals surface area contributed by atoms with Crippen LogP contribution < -0.4 is 5.32 Å². The third-order valence-corrected chi connectivity index (χ3v) is 12.3. The molecule has 0 aliphatic heterocycles. The average molecular weight is 790 g/mol. The van der Waals surface area contributed by atoms with Gasteiger partial charge in [0, 0.05) is 6.42 Å². The molecule has 0 aromatic heterocycles. The van der Waals surface area contributed by atoms with Gasteiger partial charge in [0.05, 0.1) is 18.8 Å². The van der Waals surface area contributed by atoms with Crippen molar-refractivity contribution in [1.29, 1.82) is 0 Å². The Labute approximate surface area is 352 Å². The highest BCUT2D eigenvalue weighted by atomic mass is 16.3. The second-order valence-corrected chi connectivity index (χ2v) is 17.9. The summed E-state index contributed by atoms with van der Waals surface area (Å²) in [7, 11) is 0. The van der Waals surface area contributed by atoms with Gasteiger partial charge in [-0.25, -0.2) is 0 Å². The zero-order chi connectivity index (χ0) is 40.7. The third-order valence-electron chi connectivity index (χ3n) is 12.3. The molecule has 0 spiro atoms. The first-order valence-corrected chi connectivity index (χ1v) is 25.9. The molecular weight excluding hydrogens is 687 g/mol. The lowest BCUT2D eigenvalue weighted by atomic mass is 10.0. The molecule has 0 heterocycles. The van der Waals surface area contributed by atoms with Gasteiger partial charge in [0.25, 0.3) is 0 Å². The number of rotatable bonds is 48. The highest BCUT2D eigenvalue weighted by Crippen LogP contribution is 2.17. The first-order chi connectivity index (χ1) is 27.7. The number of aliphatic hydroxyl groups is 2. The summed E-state index contributed by atoms with van der Waals surface area (Å²) < 4.78 is 0. The third kappa shape index (κ3) is 44.2. The maximum atomic E-state index is 12.4. The van der Waals surface area contributed by atoms with Gasteiger partial charge in [0.1, 0.15) is 0 Å². The fourth-order valence-electron chi connectivity index (χ4n) is 8.30. The Hall–Kier alpha value is -0.870. The van der Waals surface area contributed by atoms with Gasteiger partial charge in [0.15, 0.2) is 0 Å². The first kappa shape index (κ1) is 55.1. The molecule has 0 aromatic carbocycles. The molecule has 4 heteroatoms. The molecule has 0 aliphatic carbocycles. The van der Waals surface area contributed by atoms with Crippen LogP contribution in [0, 0.1) is 0 Å². The quantitative estimate of drug-likeness (QED) is 0.0425. The minimum absolute atomic E-state index is 0.0270. The van der Waals surface area contributed by atoms with E-state index >= 15 is 0 Å². The molecular formula is C52H103NO3. The lowest BCUT2D eigenvalue weighted by Gasteiger charge is -2.22. The molecule has 0 bridgehead atoms. The van der Waals surface area contributed by atoms with E-state index in [0.29, 0.717) is 12.8 Å². The van der Waals surface area contributed by atoms with Crippen LogP contribution in [0.1, 0.15) is 296 Å². The van der Waals surface area contributed by atoms with E-state index in [-0.39, 0.29) is 12.5 Å². The van der Waals surface area contributed by atoms with Crippen LogP contribution in [-0.4, -0.2) is 34.9 Å². The van der Waals surface area contributed by atoms with Gasteiger partial charge < -0.3 is 15.5 Å². The zero-order valence-electron chi connectivity index (χ0n) is 38.4. The average Bonchev–Trinajstić information content (AvgIpc) is 3.20. The van der Waals surface area contributed by atoms with Crippen LogP contribution in [-0.2, 0) is 4.79 Å². The number of allylic oxidation sites excluding steroid dienone is 2. The first-order valence-electron chi connectivity index (χ1n) is 25.9. The summed E-state index contributed by atoms with van der Waals surface area (Å²) >= 11 is 0. The highest BCUT2D eigenvalue weighted by Gasteiger charge is 2.20. The Morgan fingerprint density at radius 1 is 0.411 bits per heavy atom. The fraction of sp³-hybridized carbons (Fsp3) is 0.942. The summed E-state index contributed by atoms with van der Waals surface area (Å²) in [6.07, 6.45) is 61.9. The van der Waals surface area contributed by atoms with Crippen molar-refractivity contribution in [2.24, 2.45) is 0 Å². The van der Waals surface area contributed by atoms with Gasteiger partial charge in [-0.2, -0.15) is 0 Å². The summed E-state index contributed by atoms with van der Waals surface area (Å²) in [6, 6.07) is -0.531. The molecule has 0 saturated heterocycles. The Bertz CT molecular complexity index is 769. The second kappa shape index (κ2) is 48.5. The van der Waals surface area contributed by atoms with Crippen molar-refractivity contribution in [3.05, 3.63) is 12.2 Å². The van der Waals surface area contributed by atoms with E-state index in [1.54, 1.807) is 0 Å². The maximum absolute atomic E-state index is 12.4. The molecule has 3 N–H and O–H groups in total. The number of carbonyl (C=O) groups excluding carboxylic acids is 1. The SMILES string of the molecule is CCCCCCCCCCCCCC/C=C\CCCCCCCCCCCCCCCCCCC(=O)NC(CO)C(O)CCCCCCCCCCCCCC. The molecule has 0 aromatic rings. The largest absolute Gasteiger partial charge is 0.394 e. The summed E-state index contributed by atoms with van der Waals surface area (Å²) in [6.45, 7) is 4.38. The van der Waals surface area contributed by atoms with E-state index in [1.165, 1.54) is 244 Å². The topological polar surface area (TPSA) is 69.6 Å². The maximum Gasteiger partial charge on any atom is 0.220 e. The van der Waals surface area contributed by atoms with Crippen LogP contribution in [0.3, 0.4) is 0 Å². The predicted octanol–water partition coefficient (Wildman–Crippen LogP) is 16.6.